The lowest BCUT2D eigenvalue weighted by Gasteiger charge is -2.30. The summed E-state index contributed by atoms with van der Waals surface area (Å²) in [6.45, 7) is 2.38. The highest BCUT2D eigenvalue weighted by molar-refractivity contribution is 9.10. The summed E-state index contributed by atoms with van der Waals surface area (Å²) in [6, 6.07) is 11.3. The van der Waals surface area contributed by atoms with Crippen LogP contribution in [0.25, 0.3) is 16.3 Å². The monoisotopic (exact) mass is 324 g/mol. The summed E-state index contributed by atoms with van der Waals surface area (Å²) in [6.07, 6.45) is 8.34. The van der Waals surface area contributed by atoms with Crippen molar-refractivity contribution in [2.24, 2.45) is 0 Å². The molecule has 0 N–H and O–H groups in total. The van der Waals surface area contributed by atoms with Gasteiger partial charge >= 0.3 is 0 Å². The van der Waals surface area contributed by atoms with Crippen molar-refractivity contribution >= 4 is 32.3 Å². The van der Waals surface area contributed by atoms with Crippen molar-refractivity contribution in [2.45, 2.75) is 32.1 Å². The molecule has 0 amide bonds. The molecule has 0 aliphatic heterocycles. The highest BCUT2D eigenvalue weighted by Crippen LogP contribution is 2.45. The van der Waals surface area contributed by atoms with Crippen LogP contribution in [0.4, 0.5) is 0 Å². The van der Waals surface area contributed by atoms with E-state index in [0.29, 0.717) is 5.92 Å². The van der Waals surface area contributed by atoms with Gasteiger partial charge in [0.15, 0.2) is 0 Å². The van der Waals surface area contributed by atoms with Crippen molar-refractivity contribution in [3.05, 3.63) is 63.7 Å². The van der Waals surface area contributed by atoms with Crippen LogP contribution in [0.2, 0.25) is 0 Å². The third-order valence-electron chi connectivity index (χ3n) is 4.64. The van der Waals surface area contributed by atoms with Gasteiger partial charge in [0.1, 0.15) is 0 Å². The molecule has 0 radical (unpaired) electrons. The number of hydrogen-bond donors (Lipinski definition) is 0. The van der Waals surface area contributed by atoms with E-state index in [9.17, 15) is 0 Å². The second-order valence-electron chi connectivity index (χ2n) is 5.96. The standard InChI is InChI=1S/C19H17Br/c1-12-10-13-4-2-3-5-16(13)18-8-6-14-11-15(20)7-9-17(14)19(12)18/h3,5-9,11-12H,2,4,10H2,1H3. The van der Waals surface area contributed by atoms with E-state index >= 15 is 0 Å². The molecule has 0 spiro atoms. The maximum absolute atomic E-state index is 3.58. The number of fused-ring (bicyclic) bond motifs is 4. The zero-order chi connectivity index (χ0) is 13.7. The number of rotatable bonds is 0. The summed E-state index contributed by atoms with van der Waals surface area (Å²) >= 11 is 3.58. The molecule has 1 atom stereocenters. The average molecular weight is 325 g/mol. The Labute approximate surface area is 128 Å². The van der Waals surface area contributed by atoms with E-state index in [1.54, 1.807) is 11.1 Å². The Kier molecular flexibility index (Phi) is 2.85. The van der Waals surface area contributed by atoms with Gasteiger partial charge in [0, 0.05) is 4.47 Å². The van der Waals surface area contributed by atoms with E-state index in [0.717, 1.165) is 4.47 Å². The summed E-state index contributed by atoms with van der Waals surface area (Å²) in [5.74, 6) is 0.625. The van der Waals surface area contributed by atoms with E-state index in [2.05, 4.69) is 65.3 Å². The van der Waals surface area contributed by atoms with E-state index in [4.69, 9.17) is 0 Å². The minimum absolute atomic E-state index is 0.625. The molecule has 1 unspecified atom stereocenters. The van der Waals surface area contributed by atoms with Crippen molar-refractivity contribution in [1.29, 1.82) is 0 Å². The van der Waals surface area contributed by atoms with Gasteiger partial charge in [0.25, 0.3) is 0 Å². The molecule has 0 saturated carbocycles. The molecule has 0 saturated heterocycles. The SMILES string of the molecule is CC1CC2=C(C=CCC2)c2ccc3cc(Br)ccc3c21. The van der Waals surface area contributed by atoms with Gasteiger partial charge in [-0.1, -0.05) is 58.8 Å². The molecule has 0 bridgehead atoms. The summed E-state index contributed by atoms with van der Waals surface area (Å²) in [5, 5.41) is 2.76. The van der Waals surface area contributed by atoms with E-state index in [-0.39, 0.29) is 0 Å². The second kappa shape index (κ2) is 4.60. The topological polar surface area (TPSA) is 0 Å². The summed E-state index contributed by atoms with van der Waals surface area (Å²) in [7, 11) is 0. The lowest BCUT2D eigenvalue weighted by atomic mass is 9.75. The first-order valence-corrected chi connectivity index (χ1v) is 8.14. The third-order valence-corrected chi connectivity index (χ3v) is 5.13. The second-order valence-corrected chi connectivity index (χ2v) is 6.87. The average Bonchev–Trinajstić information content (AvgIpc) is 2.46. The van der Waals surface area contributed by atoms with Crippen molar-refractivity contribution in [3.8, 4) is 0 Å². The first-order valence-electron chi connectivity index (χ1n) is 7.35. The fraction of sp³-hybridized carbons (Fsp3) is 0.263. The zero-order valence-corrected chi connectivity index (χ0v) is 13.2. The van der Waals surface area contributed by atoms with Gasteiger partial charge < -0.3 is 0 Å². The van der Waals surface area contributed by atoms with E-state index in [1.807, 2.05) is 0 Å². The predicted octanol–water partition coefficient (Wildman–Crippen LogP) is 6.21. The number of benzene rings is 2. The molecule has 2 aliphatic carbocycles. The van der Waals surface area contributed by atoms with Crippen LogP contribution in [-0.4, -0.2) is 0 Å². The van der Waals surface area contributed by atoms with Crippen molar-refractivity contribution in [3.63, 3.8) is 0 Å². The Hall–Kier alpha value is -1.34. The predicted molar refractivity (Wildman–Crippen MR) is 90.0 cm³/mol. The van der Waals surface area contributed by atoms with Gasteiger partial charge in [-0.25, -0.2) is 0 Å². The molecule has 0 heterocycles. The van der Waals surface area contributed by atoms with E-state index < -0.39 is 0 Å². The molecule has 100 valence electrons. The zero-order valence-electron chi connectivity index (χ0n) is 11.6. The largest absolute Gasteiger partial charge is 0.0836 e. The van der Waals surface area contributed by atoms with Gasteiger partial charge in [-0.3, -0.25) is 0 Å². The number of halogens is 1. The van der Waals surface area contributed by atoms with Crippen LogP contribution in [0.15, 0.2) is 52.5 Å². The van der Waals surface area contributed by atoms with Crippen LogP contribution >= 0.6 is 15.9 Å². The molecule has 0 nitrogen and oxygen atoms in total. The highest BCUT2D eigenvalue weighted by Gasteiger charge is 2.25. The third kappa shape index (κ3) is 1.80. The Morgan fingerprint density at radius 2 is 2.05 bits per heavy atom. The van der Waals surface area contributed by atoms with Crippen LogP contribution in [0.1, 0.15) is 43.2 Å². The minimum Gasteiger partial charge on any atom is -0.0836 e. The van der Waals surface area contributed by atoms with Crippen molar-refractivity contribution in [1.82, 2.24) is 0 Å². The highest BCUT2D eigenvalue weighted by atomic mass is 79.9. The van der Waals surface area contributed by atoms with Crippen molar-refractivity contribution in [2.75, 3.05) is 0 Å². The number of allylic oxidation sites excluding steroid dienone is 4. The van der Waals surface area contributed by atoms with Crippen molar-refractivity contribution < 1.29 is 0 Å². The summed E-state index contributed by atoms with van der Waals surface area (Å²) in [5.41, 5.74) is 6.16. The van der Waals surface area contributed by atoms with Crippen LogP contribution in [0, 0.1) is 0 Å². The molecule has 1 heteroatoms. The molecule has 0 fully saturated rings. The van der Waals surface area contributed by atoms with Gasteiger partial charge in [-0.05, 0) is 64.8 Å². The molecule has 2 aliphatic rings. The Morgan fingerprint density at radius 3 is 2.95 bits per heavy atom. The van der Waals surface area contributed by atoms with Gasteiger partial charge in [-0.15, -0.1) is 0 Å². The normalized spacial score (nSPS) is 21.0. The molecular formula is C19H17Br. The lowest BCUT2D eigenvalue weighted by molar-refractivity contribution is 0.710. The molecule has 2 aromatic carbocycles. The molecular weight excluding hydrogens is 308 g/mol. The van der Waals surface area contributed by atoms with Gasteiger partial charge in [0.2, 0.25) is 0 Å². The smallest absolute Gasteiger partial charge is 0.0181 e. The van der Waals surface area contributed by atoms with Crippen LogP contribution < -0.4 is 0 Å². The summed E-state index contributed by atoms with van der Waals surface area (Å²) in [4.78, 5) is 0. The maximum atomic E-state index is 3.58. The Balaban J connectivity index is 2.04. The molecule has 2 aromatic rings. The lowest BCUT2D eigenvalue weighted by Crippen LogP contribution is -2.10. The first-order chi connectivity index (χ1) is 9.74. The first kappa shape index (κ1) is 12.4. The maximum Gasteiger partial charge on any atom is 0.0181 e. The minimum atomic E-state index is 0.625. The molecule has 20 heavy (non-hydrogen) atoms. The Bertz CT molecular complexity index is 765. The van der Waals surface area contributed by atoms with Gasteiger partial charge in [0.05, 0.1) is 0 Å². The Morgan fingerprint density at radius 1 is 1.15 bits per heavy atom. The summed E-state index contributed by atoms with van der Waals surface area (Å²) < 4.78 is 1.16. The fourth-order valence-corrected chi connectivity index (χ4v) is 4.14. The van der Waals surface area contributed by atoms with Crippen LogP contribution in [-0.2, 0) is 0 Å². The van der Waals surface area contributed by atoms with Crippen LogP contribution in [0.5, 0.6) is 0 Å². The van der Waals surface area contributed by atoms with Gasteiger partial charge in [-0.2, -0.15) is 0 Å². The fourth-order valence-electron chi connectivity index (χ4n) is 3.77. The number of hydrogen-bond acceptors (Lipinski definition) is 0. The quantitative estimate of drug-likeness (QED) is 0.540. The molecule has 0 aromatic heterocycles. The van der Waals surface area contributed by atoms with Crippen LogP contribution in [0.3, 0.4) is 0 Å². The van der Waals surface area contributed by atoms with E-state index in [1.165, 1.54) is 41.2 Å². The molecule has 4 rings (SSSR count).